The summed E-state index contributed by atoms with van der Waals surface area (Å²) in [7, 11) is 3.54. The van der Waals surface area contributed by atoms with Gasteiger partial charge in [-0.2, -0.15) is 5.10 Å². The van der Waals surface area contributed by atoms with Gasteiger partial charge >= 0.3 is 0 Å². The summed E-state index contributed by atoms with van der Waals surface area (Å²) in [5, 5.41) is 10.6. The molecule has 7 nitrogen and oxygen atoms in total. The van der Waals surface area contributed by atoms with Crippen LogP contribution in [0, 0.1) is 20.8 Å². The normalized spacial score (nSPS) is 11.3. The number of para-hydroxylation sites is 2. The molecule has 1 aromatic heterocycles. The quantitative estimate of drug-likeness (QED) is 0.471. The van der Waals surface area contributed by atoms with Crippen molar-refractivity contribution in [3.63, 3.8) is 0 Å². The van der Waals surface area contributed by atoms with E-state index in [1.54, 1.807) is 19.2 Å². The molecule has 0 saturated heterocycles. The van der Waals surface area contributed by atoms with Crippen LogP contribution >= 0.6 is 0 Å². The monoisotopic (exact) mass is 419 g/mol. The Morgan fingerprint density at radius 2 is 1.81 bits per heavy atom. The number of hydrogen-bond acceptors (Lipinski definition) is 4. The topological polar surface area (TPSA) is 80.5 Å². The minimum absolute atomic E-state index is 0.227. The number of nitrogens with zero attached hydrogens (tertiary/aromatic N) is 3. The second kappa shape index (κ2) is 9.93. The van der Waals surface area contributed by atoms with Crippen LogP contribution in [0.3, 0.4) is 0 Å². The fourth-order valence-electron chi connectivity index (χ4n) is 3.33. The minimum Gasteiger partial charge on any atom is -0.495 e. The van der Waals surface area contributed by atoms with Crippen LogP contribution in [0.5, 0.6) is 5.75 Å². The lowest BCUT2D eigenvalue weighted by molar-refractivity contribution is 0.0977. The summed E-state index contributed by atoms with van der Waals surface area (Å²) in [5.74, 6) is 0.808. The van der Waals surface area contributed by atoms with E-state index in [1.807, 2.05) is 68.9 Å². The van der Waals surface area contributed by atoms with E-state index >= 15 is 0 Å². The van der Waals surface area contributed by atoms with E-state index in [1.165, 1.54) is 5.56 Å². The number of aryl methyl sites for hydroxylation is 3. The SMILES string of the molecule is COc1ccccc1NC(=NCCc1c(C)nn(C)c1C)NC(=O)c1ccc(C)cc1. The number of amides is 1. The van der Waals surface area contributed by atoms with Crippen LogP contribution in [-0.4, -0.2) is 35.3 Å². The number of anilines is 1. The van der Waals surface area contributed by atoms with E-state index in [9.17, 15) is 4.79 Å². The number of carbonyl (C=O) groups is 1. The predicted octanol–water partition coefficient (Wildman–Crippen LogP) is 3.79. The molecule has 0 aliphatic heterocycles. The van der Waals surface area contributed by atoms with Gasteiger partial charge in [0.25, 0.3) is 5.91 Å². The minimum atomic E-state index is -0.227. The van der Waals surface area contributed by atoms with Crippen LogP contribution < -0.4 is 15.4 Å². The molecule has 31 heavy (non-hydrogen) atoms. The third-order valence-electron chi connectivity index (χ3n) is 5.20. The van der Waals surface area contributed by atoms with Crippen molar-refractivity contribution in [2.24, 2.45) is 12.0 Å². The summed E-state index contributed by atoms with van der Waals surface area (Å²) in [5.41, 5.74) is 5.68. The molecule has 0 atom stereocenters. The second-order valence-electron chi connectivity index (χ2n) is 7.40. The van der Waals surface area contributed by atoms with Crippen molar-refractivity contribution in [2.75, 3.05) is 19.0 Å². The summed E-state index contributed by atoms with van der Waals surface area (Å²) < 4.78 is 7.29. The molecule has 7 heteroatoms. The van der Waals surface area contributed by atoms with E-state index in [0.717, 1.165) is 29.1 Å². The van der Waals surface area contributed by atoms with Gasteiger partial charge in [-0.1, -0.05) is 29.8 Å². The molecule has 0 aliphatic rings. The summed E-state index contributed by atoms with van der Waals surface area (Å²) in [4.78, 5) is 17.4. The highest BCUT2D eigenvalue weighted by molar-refractivity contribution is 6.10. The Balaban J connectivity index is 1.81. The number of aliphatic imine (C=N–C) groups is 1. The molecule has 2 N–H and O–H groups in total. The standard InChI is InChI=1S/C24H29N5O2/c1-16-10-12-19(13-11-16)23(30)27-24(26-21-8-6-7-9-22(21)31-5)25-15-14-20-17(2)28-29(4)18(20)3/h6-13H,14-15H2,1-5H3,(H2,25,26,27,30). The first-order chi connectivity index (χ1) is 14.9. The van der Waals surface area contributed by atoms with Gasteiger partial charge < -0.3 is 10.1 Å². The molecular weight excluding hydrogens is 390 g/mol. The van der Waals surface area contributed by atoms with E-state index in [4.69, 9.17) is 4.74 Å². The molecule has 162 valence electrons. The van der Waals surface area contributed by atoms with E-state index < -0.39 is 0 Å². The average molecular weight is 420 g/mol. The molecule has 0 fully saturated rings. The van der Waals surface area contributed by atoms with Gasteiger partial charge in [-0.05, 0) is 57.0 Å². The summed E-state index contributed by atoms with van der Waals surface area (Å²) in [6, 6.07) is 14.9. The van der Waals surface area contributed by atoms with Crippen LogP contribution in [0.15, 0.2) is 53.5 Å². The van der Waals surface area contributed by atoms with Crippen molar-refractivity contribution < 1.29 is 9.53 Å². The summed E-state index contributed by atoms with van der Waals surface area (Å²) in [6.07, 6.45) is 0.725. The number of rotatable bonds is 6. The van der Waals surface area contributed by atoms with Crippen molar-refractivity contribution in [1.29, 1.82) is 0 Å². The zero-order valence-corrected chi connectivity index (χ0v) is 18.7. The summed E-state index contributed by atoms with van der Waals surface area (Å²) >= 11 is 0. The first-order valence-electron chi connectivity index (χ1n) is 10.2. The third-order valence-corrected chi connectivity index (χ3v) is 5.20. The van der Waals surface area contributed by atoms with Crippen molar-refractivity contribution in [2.45, 2.75) is 27.2 Å². The fraction of sp³-hybridized carbons (Fsp3) is 0.292. The number of methoxy groups -OCH3 is 1. The van der Waals surface area contributed by atoms with Gasteiger partial charge in [0.1, 0.15) is 5.75 Å². The van der Waals surface area contributed by atoms with Crippen LogP contribution in [-0.2, 0) is 13.5 Å². The Morgan fingerprint density at radius 1 is 1.10 bits per heavy atom. The first-order valence-corrected chi connectivity index (χ1v) is 10.2. The molecule has 0 aliphatic carbocycles. The maximum atomic E-state index is 12.8. The fourth-order valence-corrected chi connectivity index (χ4v) is 3.33. The Morgan fingerprint density at radius 3 is 2.45 bits per heavy atom. The van der Waals surface area contributed by atoms with Crippen molar-refractivity contribution >= 4 is 17.6 Å². The number of nitrogens with one attached hydrogen (secondary N) is 2. The van der Waals surface area contributed by atoms with Crippen molar-refractivity contribution in [1.82, 2.24) is 15.1 Å². The van der Waals surface area contributed by atoms with Gasteiger partial charge in [0.2, 0.25) is 5.96 Å². The second-order valence-corrected chi connectivity index (χ2v) is 7.40. The lowest BCUT2D eigenvalue weighted by atomic mass is 10.1. The van der Waals surface area contributed by atoms with Gasteiger partial charge in [0.05, 0.1) is 18.5 Å². The molecule has 1 amide bonds. The van der Waals surface area contributed by atoms with Gasteiger partial charge in [0.15, 0.2) is 0 Å². The smallest absolute Gasteiger partial charge is 0.257 e. The van der Waals surface area contributed by atoms with E-state index in [0.29, 0.717) is 23.8 Å². The average Bonchev–Trinajstić information content (AvgIpc) is 3.00. The molecule has 3 rings (SSSR count). The van der Waals surface area contributed by atoms with Gasteiger partial charge in [-0.25, -0.2) is 0 Å². The number of benzene rings is 2. The highest BCUT2D eigenvalue weighted by Crippen LogP contribution is 2.23. The Kier molecular flexibility index (Phi) is 7.07. The van der Waals surface area contributed by atoms with Crippen LogP contribution in [0.4, 0.5) is 5.69 Å². The lowest BCUT2D eigenvalue weighted by Crippen LogP contribution is -2.36. The van der Waals surface area contributed by atoms with E-state index in [-0.39, 0.29) is 5.91 Å². The molecule has 0 radical (unpaired) electrons. The van der Waals surface area contributed by atoms with Crippen molar-refractivity contribution in [3.8, 4) is 5.75 Å². The largest absolute Gasteiger partial charge is 0.495 e. The number of hydrogen-bond donors (Lipinski definition) is 2. The van der Waals surface area contributed by atoms with Crippen LogP contribution in [0.2, 0.25) is 0 Å². The van der Waals surface area contributed by atoms with Gasteiger partial charge in [-0.15, -0.1) is 0 Å². The Hall–Kier alpha value is -3.61. The molecule has 3 aromatic rings. The zero-order valence-electron chi connectivity index (χ0n) is 18.7. The number of ether oxygens (including phenoxy) is 1. The molecular formula is C24H29N5O2. The Bertz CT molecular complexity index is 1080. The zero-order chi connectivity index (χ0) is 22.4. The molecule has 1 heterocycles. The van der Waals surface area contributed by atoms with Crippen molar-refractivity contribution in [3.05, 3.63) is 76.6 Å². The maximum Gasteiger partial charge on any atom is 0.257 e. The Labute approximate surface area is 183 Å². The van der Waals surface area contributed by atoms with E-state index in [2.05, 4.69) is 20.7 Å². The summed E-state index contributed by atoms with van der Waals surface area (Å²) in [6.45, 7) is 6.53. The molecule has 0 spiro atoms. The van der Waals surface area contributed by atoms with Crippen LogP contribution in [0.1, 0.15) is 32.9 Å². The first kappa shape index (κ1) is 22.1. The lowest BCUT2D eigenvalue weighted by Gasteiger charge is -2.14. The molecule has 0 saturated carbocycles. The van der Waals surface area contributed by atoms with Gasteiger partial charge in [-0.3, -0.25) is 19.8 Å². The van der Waals surface area contributed by atoms with Crippen LogP contribution in [0.25, 0.3) is 0 Å². The number of aromatic nitrogens is 2. The maximum absolute atomic E-state index is 12.8. The molecule has 0 unspecified atom stereocenters. The highest BCUT2D eigenvalue weighted by Gasteiger charge is 2.12. The predicted molar refractivity (Wildman–Crippen MR) is 124 cm³/mol. The number of guanidine groups is 1. The molecule has 2 aromatic carbocycles. The number of carbonyl (C=O) groups excluding carboxylic acids is 1. The highest BCUT2D eigenvalue weighted by atomic mass is 16.5. The molecule has 0 bridgehead atoms. The third kappa shape index (κ3) is 5.51. The van der Waals surface area contributed by atoms with Gasteiger partial charge in [0, 0.05) is 24.8 Å².